The van der Waals surface area contributed by atoms with E-state index in [0.717, 1.165) is 26.0 Å². The van der Waals surface area contributed by atoms with Crippen molar-refractivity contribution in [3.05, 3.63) is 0 Å². The van der Waals surface area contributed by atoms with Gasteiger partial charge in [-0.15, -0.1) is 0 Å². The molecule has 0 aliphatic rings. The van der Waals surface area contributed by atoms with Crippen molar-refractivity contribution in [3.8, 4) is 0 Å². The molecule has 0 saturated heterocycles. The number of carbonyl (C=O) groups excluding carboxylic acids is 1. The molecule has 1 N–H and O–H groups in total. The summed E-state index contributed by atoms with van der Waals surface area (Å²) in [6.07, 6.45) is 14.5. The average Bonchev–Trinajstić information content (AvgIpc) is 2.59. The normalized spacial score (nSPS) is 10.9. The maximum atomic E-state index is 11.5. The summed E-state index contributed by atoms with van der Waals surface area (Å²) in [4.78, 5) is 11.5. The molecule has 0 heterocycles. The monoisotopic (exact) mass is 343 g/mol. The summed E-state index contributed by atoms with van der Waals surface area (Å²) < 4.78 is 10.6. The minimum absolute atomic E-state index is 0.0899. The molecule has 0 aliphatic heterocycles. The smallest absolute Gasteiger partial charge is 0.307 e. The Morgan fingerprint density at radius 3 is 1.96 bits per heavy atom. The van der Waals surface area contributed by atoms with Crippen molar-refractivity contribution in [2.24, 2.45) is 0 Å². The zero-order valence-electron chi connectivity index (χ0n) is 16.2. The molecule has 0 spiro atoms. The number of nitrogens with one attached hydrogen (secondary N) is 1. The largest absolute Gasteiger partial charge is 0.466 e. The number of rotatable bonds is 19. The molecule has 24 heavy (non-hydrogen) atoms. The van der Waals surface area contributed by atoms with E-state index in [2.05, 4.69) is 19.2 Å². The standard InChI is InChI=1S/C20H41NO3/c1-3-5-6-7-8-9-10-11-12-13-18-24-20(22)14-15-21-16-19-23-17-4-2/h21H,3-19H2,1-2H3. The molecular weight excluding hydrogens is 302 g/mol. The minimum atomic E-state index is -0.0899. The lowest BCUT2D eigenvalue weighted by Gasteiger charge is -2.07. The van der Waals surface area contributed by atoms with Crippen molar-refractivity contribution in [2.75, 3.05) is 32.9 Å². The van der Waals surface area contributed by atoms with Gasteiger partial charge in [0, 0.05) is 19.7 Å². The first-order valence-electron chi connectivity index (χ1n) is 10.2. The van der Waals surface area contributed by atoms with Crippen LogP contribution in [0.1, 0.15) is 90.9 Å². The summed E-state index contributed by atoms with van der Waals surface area (Å²) in [7, 11) is 0. The van der Waals surface area contributed by atoms with Crippen molar-refractivity contribution < 1.29 is 14.3 Å². The van der Waals surface area contributed by atoms with Crippen LogP contribution in [0.5, 0.6) is 0 Å². The van der Waals surface area contributed by atoms with Gasteiger partial charge in [0.05, 0.1) is 19.6 Å². The highest BCUT2D eigenvalue weighted by atomic mass is 16.5. The molecule has 0 aromatic carbocycles. The van der Waals surface area contributed by atoms with Gasteiger partial charge in [-0.2, -0.15) is 0 Å². The first-order chi connectivity index (χ1) is 11.8. The third-order valence-electron chi connectivity index (χ3n) is 4.04. The van der Waals surface area contributed by atoms with Crippen LogP contribution in [-0.4, -0.2) is 38.9 Å². The van der Waals surface area contributed by atoms with Crippen LogP contribution in [-0.2, 0) is 14.3 Å². The molecule has 4 heteroatoms. The van der Waals surface area contributed by atoms with E-state index in [1.54, 1.807) is 0 Å². The van der Waals surface area contributed by atoms with Gasteiger partial charge in [0.15, 0.2) is 0 Å². The number of ether oxygens (including phenoxy) is 2. The molecule has 0 atom stereocenters. The van der Waals surface area contributed by atoms with E-state index < -0.39 is 0 Å². The van der Waals surface area contributed by atoms with Crippen LogP contribution in [0.15, 0.2) is 0 Å². The van der Waals surface area contributed by atoms with E-state index >= 15 is 0 Å². The molecule has 0 radical (unpaired) electrons. The van der Waals surface area contributed by atoms with Crippen LogP contribution in [0.25, 0.3) is 0 Å². The van der Waals surface area contributed by atoms with Crippen LogP contribution in [0.2, 0.25) is 0 Å². The lowest BCUT2D eigenvalue weighted by atomic mass is 10.1. The Morgan fingerprint density at radius 1 is 0.708 bits per heavy atom. The van der Waals surface area contributed by atoms with Crippen molar-refractivity contribution >= 4 is 5.97 Å². The lowest BCUT2D eigenvalue weighted by molar-refractivity contribution is -0.143. The van der Waals surface area contributed by atoms with Crippen LogP contribution in [0, 0.1) is 0 Å². The summed E-state index contributed by atoms with van der Waals surface area (Å²) in [6.45, 7) is 7.92. The van der Waals surface area contributed by atoms with Gasteiger partial charge in [-0.1, -0.05) is 71.6 Å². The van der Waals surface area contributed by atoms with E-state index in [-0.39, 0.29) is 5.97 Å². The van der Waals surface area contributed by atoms with Crippen LogP contribution >= 0.6 is 0 Å². The topological polar surface area (TPSA) is 47.6 Å². The molecule has 0 rings (SSSR count). The van der Waals surface area contributed by atoms with Crippen molar-refractivity contribution in [2.45, 2.75) is 90.9 Å². The number of esters is 1. The van der Waals surface area contributed by atoms with E-state index in [1.165, 1.54) is 57.8 Å². The molecule has 0 amide bonds. The average molecular weight is 344 g/mol. The fourth-order valence-corrected chi connectivity index (χ4v) is 2.55. The highest BCUT2D eigenvalue weighted by Gasteiger charge is 2.02. The molecule has 0 aromatic rings. The second-order valence-electron chi connectivity index (χ2n) is 6.51. The molecule has 0 aliphatic carbocycles. The summed E-state index contributed by atoms with van der Waals surface area (Å²) in [5.74, 6) is -0.0899. The number of hydrogen-bond acceptors (Lipinski definition) is 4. The maximum Gasteiger partial charge on any atom is 0.307 e. The van der Waals surface area contributed by atoms with Gasteiger partial charge in [0.2, 0.25) is 0 Å². The second-order valence-corrected chi connectivity index (χ2v) is 6.51. The summed E-state index contributed by atoms with van der Waals surface area (Å²) >= 11 is 0. The zero-order valence-corrected chi connectivity index (χ0v) is 16.2. The predicted molar refractivity (Wildman–Crippen MR) is 101 cm³/mol. The van der Waals surface area contributed by atoms with E-state index in [4.69, 9.17) is 9.47 Å². The van der Waals surface area contributed by atoms with E-state index in [0.29, 0.717) is 26.2 Å². The fourth-order valence-electron chi connectivity index (χ4n) is 2.55. The third kappa shape index (κ3) is 19.4. The fraction of sp³-hybridized carbons (Fsp3) is 0.950. The minimum Gasteiger partial charge on any atom is -0.466 e. The lowest BCUT2D eigenvalue weighted by Crippen LogP contribution is -2.23. The van der Waals surface area contributed by atoms with Gasteiger partial charge in [0.1, 0.15) is 0 Å². The van der Waals surface area contributed by atoms with Crippen molar-refractivity contribution in [1.29, 1.82) is 0 Å². The van der Waals surface area contributed by atoms with Gasteiger partial charge in [0.25, 0.3) is 0 Å². The highest BCUT2D eigenvalue weighted by Crippen LogP contribution is 2.10. The molecule has 4 nitrogen and oxygen atoms in total. The van der Waals surface area contributed by atoms with Crippen LogP contribution < -0.4 is 5.32 Å². The SMILES string of the molecule is CCCCCCCCCCCCOC(=O)CCNCCOCCC. The Bertz CT molecular complexity index is 259. The highest BCUT2D eigenvalue weighted by molar-refractivity contribution is 5.69. The number of hydrogen-bond donors (Lipinski definition) is 1. The van der Waals surface area contributed by atoms with Gasteiger partial charge >= 0.3 is 5.97 Å². The number of unbranched alkanes of at least 4 members (excludes halogenated alkanes) is 9. The molecule has 0 aromatic heterocycles. The molecular formula is C20H41NO3. The Balaban J connectivity index is 3.12. The van der Waals surface area contributed by atoms with Crippen molar-refractivity contribution in [3.63, 3.8) is 0 Å². The summed E-state index contributed by atoms with van der Waals surface area (Å²) in [5.41, 5.74) is 0. The van der Waals surface area contributed by atoms with E-state index in [9.17, 15) is 4.79 Å². The maximum absolute atomic E-state index is 11.5. The zero-order chi connectivity index (χ0) is 17.7. The third-order valence-corrected chi connectivity index (χ3v) is 4.04. The Labute approximate surface area is 150 Å². The molecule has 144 valence electrons. The Kier molecular flexibility index (Phi) is 19.9. The van der Waals surface area contributed by atoms with Gasteiger partial charge < -0.3 is 14.8 Å². The molecule has 0 bridgehead atoms. The summed E-state index contributed by atoms with van der Waals surface area (Å²) in [6, 6.07) is 0. The summed E-state index contributed by atoms with van der Waals surface area (Å²) in [5, 5.41) is 3.19. The second kappa shape index (κ2) is 20.4. The Hall–Kier alpha value is -0.610. The van der Waals surface area contributed by atoms with Crippen molar-refractivity contribution in [1.82, 2.24) is 5.32 Å². The van der Waals surface area contributed by atoms with Gasteiger partial charge in [-0.3, -0.25) is 4.79 Å². The predicted octanol–water partition coefficient (Wildman–Crippen LogP) is 4.86. The molecule has 0 saturated carbocycles. The van der Waals surface area contributed by atoms with Gasteiger partial charge in [-0.05, 0) is 12.8 Å². The Morgan fingerprint density at radius 2 is 1.33 bits per heavy atom. The first-order valence-corrected chi connectivity index (χ1v) is 10.2. The number of carbonyl (C=O) groups is 1. The van der Waals surface area contributed by atoms with Crippen LogP contribution in [0.3, 0.4) is 0 Å². The van der Waals surface area contributed by atoms with E-state index in [1.807, 2.05) is 0 Å². The van der Waals surface area contributed by atoms with Crippen LogP contribution in [0.4, 0.5) is 0 Å². The van der Waals surface area contributed by atoms with Gasteiger partial charge in [-0.25, -0.2) is 0 Å². The molecule has 0 fully saturated rings. The molecule has 0 unspecified atom stereocenters. The quantitative estimate of drug-likeness (QED) is 0.269. The first kappa shape index (κ1) is 23.4.